The number of carbonyl (C=O) groups is 1. The van der Waals surface area contributed by atoms with Crippen LogP contribution in [0.3, 0.4) is 0 Å². The van der Waals surface area contributed by atoms with E-state index in [1.165, 1.54) is 30.2 Å². The Labute approximate surface area is 150 Å². The Morgan fingerprint density at radius 1 is 1.38 bits per heavy atom. The zero-order valence-corrected chi connectivity index (χ0v) is 15.5. The lowest BCUT2D eigenvalue weighted by atomic mass is 9.65. The first-order valence-electron chi connectivity index (χ1n) is 8.53. The Morgan fingerprint density at radius 2 is 2.08 bits per heavy atom. The third-order valence-electron chi connectivity index (χ3n) is 6.09. The van der Waals surface area contributed by atoms with E-state index in [4.69, 9.17) is 11.6 Å². The summed E-state index contributed by atoms with van der Waals surface area (Å²) in [4.78, 5) is 16.1. The van der Waals surface area contributed by atoms with Crippen LogP contribution >= 0.6 is 22.9 Å². The molecule has 3 aliphatic rings. The van der Waals surface area contributed by atoms with E-state index in [-0.39, 0.29) is 16.3 Å². The predicted molar refractivity (Wildman–Crippen MR) is 97.6 cm³/mol. The number of piperidine rings is 3. The minimum absolute atomic E-state index is 0.0806. The van der Waals surface area contributed by atoms with E-state index >= 15 is 0 Å². The van der Waals surface area contributed by atoms with Crippen molar-refractivity contribution in [3.63, 3.8) is 0 Å². The van der Waals surface area contributed by atoms with Gasteiger partial charge >= 0.3 is 0 Å². The lowest BCUT2D eigenvalue weighted by Crippen LogP contribution is -2.61. The second-order valence-corrected chi connectivity index (χ2v) is 9.03. The number of thiophene rings is 1. The van der Waals surface area contributed by atoms with Gasteiger partial charge in [0.2, 0.25) is 0 Å². The zero-order chi connectivity index (χ0) is 17.1. The van der Waals surface area contributed by atoms with Gasteiger partial charge in [0.1, 0.15) is 5.82 Å². The van der Waals surface area contributed by atoms with Crippen molar-refractivity contribution >= 4 is 38.8 Å². The molecule has 2 nitrogen and oxygen atoms in total. The maximum Gasteiger partial charge on any atom is 0.173 e. The number of benzene rings is 1. The standard InChI is InChI=1S/C19H21ClFNOS/c1-19(2)13(11-5-7-22(19)8-6-11)10-15(23)16-9-12-3-4-14(21)17(20)18(12)24-16/h3-4,9,11,13H,5-8,10H2,1-2H3/t13-/m1/s1. The van der Waals surface area contributed by atoms with Crippen LogP contribution in [0.2, 0.25) is 5.02 Å². The minimum Gasteiger partial charge on any atom is -0.298 e. The summed E-state index contributed by atoms with van der Waals surface area (Å²) in [6.45, 7) is 6.85. The topological polar surface area (TPSA) is 20.3 Å². The molecule has 0 amide bonds. The molecule has 2 aromatic rings. The van der Waals surface area contributed by atoms with E-state index in [0.29, 0.717) is 27.8 Å². The fourth-order valence-corrected chi connectivity index (χ4v) is 5.91. The van der Waals surface area contributed by atoms with Gasteiger partial charge in [0.15, 0.2) is 5.78 Å². The molecule has 0 saturated carbocycles. The molecule has 2 bridgehead atoms. The first-order chi connectivity index (χ1) is 11.4. The molecule has 0 aliphatic carbocycles. The monoisotopic (exact) mass is 365 g/mol. The summed E-state index contributed by atoms with van der Waals surface area (Å²) < 4.78 is 14.3. The van der Waals surface area contributed by atoms with Crippen LogP contribution < -0.4 is 0 Å². The average molecular weight is 366 g/mol. The Bertz CT molecular complexity index is 807. The highest BCUT2D eigenvalue weighted by Crippen LogP contribution is 2.46. The van der Waals surface area contributed by atoms with Gasteiger partial charge in [0.25, 0.3) is 0 Å². The Morgan fingerprint density at radius 3 is 2.75 bits per heavy atom. The molecule has 1 aromatic heterocycles. The van der Waals surface area contributed by atoms with Crippen molar-refractivity contribution in [3.05, 3.63) is 33.9 Å². The fraction of sp³-hybridized carbons (Fsp3) is 0.526. The first-order valence-corrected chi connectivity index (χ1v) is 9.73. The van der Waals surface area contributed by atoms with Crippen LogP contribution in [0, 0.1) is 17.7 Å². The summed E-state index contributed by atoms with van der Waals surface area (Å²) in [7, 11) is 0. The molecular weight excluding hydrogens is 345 g/mol. The molecule has 0 radical (unpaired) electrons. The fourth-order valence-electron chi connectivity index (χ4n) is 4.59. The van der Waals surface area contributed by atoms with Crippen molar-refractivity contribution in [2.45, 2.75) is 38.6 Å². The lowest BCUT2D eigenvalue weighted by Gasteiger charge is -2.56. The van der Waals surface area contributed by atoms with Crippen LogP contribution in [0.4, 0.5) is 4.39 Å². The highest BCUT2D eigenvalue weighted by Gasteiger charge is 2.48. The number of nitrogens with zero attached hydrogens (tertiary/aromatic N) is 1. The van der Waals surface area contributed by atoms with Crippen molar-refractivity contribution < 1.29 is 9.18 Å². The van der Waals surface area contributed by atoms with Gasteiger partial charge < -0.3 is 0 Å². The number of rotatable bonds is 3. The SMILES string of the molecule is CC1(C)[C@H](CC(=O)c2cc3ccc(F)c(Cl)c3s2)C2CCN1CC2. The van der Waals surface area contributed by atoms with Gasteiger partial charge in [-0.1, -0.05) is 17.7 Å². The van der Waals surface area contributed by atoms with E-state index in [1.807, 2.05) is 6.07 Å². The molecule has 128 valence electrons. The van der Waals surface area contributed by atoms with Gasteiger partial charge in [-0.3, -0.25) is 9.69 Å². The molecule has 0 spiro atoms. The maximum atomic E-state index is 13.6. The van der Waals surface area contributed by atoms with Crippen LogP contribution in [-0.2, 0) is 0 Å². The smallest absolute Gasteiger partial charge is 0.173 e. The maximum absolute atomic E-state index is 13.6. The molecule has 3 fully saturated rings. The number of ketones is 1. The molecule has 24 heavy (non-hydrogen) atoms. The minimum atomic E-state index is -0.427. The van der Waals surface area contributed by atoms with Crippen molar-refractivity contribution in [3.8, 4) is 0 Å². The molecule has 0 unspecified atom stereocenters. The van der Waals surface area contributed by atoms with Crippen LogP contribution in [-0.4, -0.2) is 29.3 Å². The number of halogens is 2. The van der Waals surface area contributed by atoms with Crippen LogP contribution in [0.25, 0.3) is 10.1 Å². The van der Waals surface area contributed by atoms with E-state index < -0.39 is 5.82 Å². The highest BCUT2D eigenvalue weighted by molar-refractivity contribution is 7.21. The van der Waals surface area contributed by atoms with E-state index in [1.54, 1.807) is 6.07 Å². The molecule has 1 atom stereocenters. The van der Waals surface area contributed by atoms with Crippen molar-refractivity contribution in [2.24, 2.45) is 11.8 Å². The number of Topliss-reactive ketones (excluding diaryl/α,β-unsaturated/α-hetero) is 1. The van der Waals surface area contributed by atoms with Crippen LogP contribution in [0.1, 0.15) is 42.8 Å². The molecule has 5 heteroatoms. The van der Waals surface area contributed by atoms with E-state index in [2.05, 4.69) is 18.7 Å². The summed E-state index contributed by atoms with van der Waals surface area (Å²) in [5.41, 5.74) is 0.0806. The lowest BCUT2D eigenvalue weighted by molar-refractivity contribution is -0.0643. The van der Waals surface area contributed by atoms with Crippen molar-refractivity contribution in [1.29, 1.82) is 0 Å². The second-order valence-electron chi connectivity index (χ2n) is 7.60. The summed E-state index contributed by atoms with van der Waals surface area (Å²) >= 11 is 7.37. The highest BCUT2D eigenvalue weighted by atomic mass is 35.5. The summed E-state index contributed by atoms with van der Waals surface area (Å²) in [5, 5.41) is 0.975. The van der Waals surface area contributed by atoms with Gasteiger partial charge in [0.05, 0.1) is 14.6 Å². The molecule has 5 rings (SSSR count). The molecule has 0 N–H and O–H groups in total. The van der Waals surface area contributed by atoms with Crippen LogP contribution in [0.15, 0.2) is 18.2 Å². The van der Waals surface area contributed by atoms with Crippen LogP contribution in [0.5, 0.6) is 0 Å². The largest absolute Gasteiger partial charge is 0.298 e. The van der Waals surface area contributed by atoms with Gasteiger partial charge in [-0.25, -0.2) is 4.39 Å². The zero-order valence-electron chi connectivity index (χ0n) is 13.9. The molecule has 4 heterocycles. The normalized spacial score (nSPS) is 28.4. The summed E-state index contributed by atoms with van der Waals surface area (Å²) in [6, 6.07) is 4.92. The number of carbonyl (C=O) groups excluding carboxylic acids is 1. The number of hydrogen-bond acceptors (Lipinski definition) is 3. The van der Waals surface area contributed by atoms with E-state index in [0.717, 1.165) is 18.5 Å². The quantitative estimate of drug-likeness (QED) is 0.680. The summed E-state index contributed by atoms with van der Waals surface area (Å²) in [5.74, 6) is 0.775. The van der Waals surface area contributed by atoms with Gasteiger partial charge in [-0.2, -0.15) is 0 Å². The molecule has 3 aliphatic heterocycles. The molecule has 1 aromatic carbocycles. The Balaban J connectivity index is 1.61. The Hall–Kier alpha value is -0.970. The molecule has 3 saturated heterocycles. The summed E-state index contributed by atoms with van der Waals surface area (Å²) in [6.07, 6.45) is 2.97. The van der Waals surface area contributed by atoms with Crippen molar-refractivity contribution in [1.82, 2.24) is 4.90 Å². The van der Waals surface area contributed by atoms with E-state index in [9.17, 15) is 9.18 Å². The van der Waals surface area contributed by atoms with Gasteiger partial charge in [-0.15, -0.1) is 11.3 Å². The average Bonchev–Trinajstić information content (AvgIpc) is 3.00. The third kappa shape index (κ3) is 2.51. The Kier molecular flexibility index (Phi) is 3.98. The predicted octanol–water partition coefficient (Wildman–Crippen LogP) is 5.39. The second kappa shape index (κ2) is 5.79. The van der Waals surface area contributed by atoms with Gasteiger partial charge in [0, 0.05) is 12.0 Å². The molecular formula is C19H21ClFNOS. The first kappa shape index (κ1) is 16.5. The third-order valence-corrected chi connectivity index (χ3v) is 7.78. The number of fused-ring (bicyclic) bond motifs is 4. The number of hydrogen-bond donors (Lipinski definition) is 0. The van der Waals surface area contributed by atoms with Gasteiger partial charge in [-0.05, 0) is 69.1 Å². The van der Waals surface area contributed by atoms with Crippen molar-refractivity contribution in [2.75, 3.05) is 13.1 Å².